The Morgan fingerprint density at radius 1 is 1.00 bits per heavy atom. The van der Waals surface area contributed by atoms with Gasteiger partial charge in [-0.05, 0) is 58.0 Å². The molecule has 0 saturated heterocycles. The van der Waals surface area contributed by atoms with E-state index in [-0.39, 0.29) is 0 Å². The van der Waals surface area contributed by atoms with Gasteiger partial charge in [0.05, 0.1) is 0 Å². The maximum Gasteiger partial charge on any atom is 0.0149 e. The van der Waals surface area contributed by atoms with Gasteiger partial charge in [0.2, 0.25) is 0 Å². The lowest BCUT2D eigenvalue weighted by atomic mass is 9.68. The zero-order valence-electron chi connectivity index (χ0n) is 13.7. The lowest BCUT2D eigenvalue weighted by Gasteiger charge is -2.41. The lowest BCUT2D eigenvalue weighted by Crippen LogP contribution is -2.41. The maximum absolute atomic E-state index is 2.44. The Bertz CT molecular complexity index is 216. The molecule has 0 amide bonds. The van der Waals surface area contributed by atoms with Gasteiger partial charge in [0.25, 0.3) is 0 Å². The monoisotopic (exact) mass is 241 g/mol. The van der Waals surface area contributed by atoms with Crippen LogP contribution in [0.3, 0.4) is 0 Å². The van der Waals surface area contributed by atoms with Crippen LogP contribution in [-0.4, -0.2) is 24.5 Å². The minimum absolute atomic E-state index is 0.302. The second kappa shape index (κ2) is 6.22. The highest BCUT2D eigenvalue weighted by Gasteiger charge is 2.33. The lowest BCUT2D eigenvalue weighted by molar-refractivity contribution is 0.0906. The Morgan fingerprint density at radius 2 is 1.47 bits per heavy atom. The third-order valence-electron chi connectivity index (χ3n) is 5.01. The smallest absolute Gasteiger partial charge is 0.0149 e. The van der Waals surface area contributed by atoms with Gasteiger partial charge in [-0.3, -0.25) is 0 Å². The summed E-state index contributed by atoms with van der Waals surface area (Å²) in [5.74, 6) is 1.55. The predicted octanol–water partition coefficient (Wildman–Crippen LogP) is 4.82. The third kappa shape index (κ3) is 4.99. The van der Waals surface area contributed by atoms with Crippen molar-refractivity contribution in [1.29, 1.82) is 0 Å². The van der Waals surface area contributed by atoms with E-state index in [0.717, 1.165) is 11.8 Å². The molecule has 0 rings (SSSR count). The molecule has 0 radical (unpaired) electrons. The average molecular weight is 241 g/mol. The summed E-state index contributed by atoms with van der Waals surface area (Å²) in [4.78, 5) is 2.35. The molecule has 0 saturated carbocycles. The van der Waals surface area contributed by atoms with Gasteiger partial charge in [0, 0.05) is 5.54 Å². The van der Waals surface area contributed by atoms with Crippen LogP contribution in [0.25, 0.3) is 0 Å². The Kier molecular flexibility index (Phi) is 6.21. The molecule has 0 aromatic rings. The highest BCUT2D eigenvalue weighted by Crippen LogP contribution is 2.39. The van der Waals surface area contributed by atoms with E-state index in [9.17, 15) is 0 Å². The largest absolute Gasteiger partial charge is 0.304 e. The van der Waals surface area contributed by atoms with Crippen LogP contribution in [0.2, 0.25) is 0 Å². The Hall–Kier alpha value is -0.0400. The topological polar surface area (TPSA) is 3.24 Å². The van der Waals surface area contributed by atoms with Crippen LogP contribution >= 0.6 is 0 Å². The SMILES string of the molecule is CCCC(C)(C)C(C)C(C)CC(C)(C)N(C)C. The second-order valence-corrected chi connectivity index (χ2v) is 7.42. The first-order valence-corrected chi connectivity index (χ1v) is 7.22. The number of rotatable bonds is 7. The van der Waals surface area contributed by atoms with Crippen molar-refractivity contribution < 1.29 is 0 Å². The highest BCUT2D eigenvalue weighted by molar-refractivity contribution is 4.85. The van der Waals surface area contributed by atoms with Crippen molar-refractivity contribution in [1.82, 2.24) is 4.90 Å². The molecule has 2 atom stereocenters. The normalized spacial score (nSPS) is 17.3. The van der Waals surface area contributed by atoms with Gasteiger partial charge in [0.15, 0.2) is 0 Å². The molecule has 0 aromatic carbocycles. The third-order valence-corrected chi connectivity index (χ3v) is 5.01. The summed E-state index contributed by atoms with van der Waals surface area (Å²) in [7, 11) is 4.38. The van der Waals surface area contributed by atoms with E-state index in [1.54, 1.807) is 0 Å². The van der Waals surface area contributed by atoms with Crippen molar-refractivity contribution in [3.63, 3.8) is 0 Å². The zero-order valence-corrected chi connectivity index (χ0v) is 13.7. The molecular formula is C16H35N. The number of hydrogen-bond acceptors (Lipinski definition) is 1. The average Bonchev–Trinajstić information content (AvgIpc) is 2.15. The van der Waals surface area contributed by atoms with Gasteiger partial charge in [-0.25, -0.2) is 0 Å². The highest BCUT2D eigenvalue weighted by atomic mass is 15.1. The maximum atomic E-state index is 2.44. The van der Waals surface area contributed by atoms with E-state index in [2.05, 4.69) is 67.5 Å². The molecule has 1 heteroatoms. The predicted molar refractivity (Wildman–Crippen MR) is 79.4 cm³/mol. The Balaban J connectivity index is 4.56. The first kappa shape index (κ1) is 17.0. The fraction of sp³-hybridized carbons (Fsp3) is 1.00. The van der Waals surface area contributed by atoms with Crippen LogP contribution < -0.4 is 0 Å². The van der Waals surface area contributed by atoms with Gasteiger partial charge >= 0.3 is 0 Å². The molecule has 0 bridgehead atoms. The molecule has 0 fully saturated rings. The molecule has 0 aliphatic heterocycles. The van der Waals surface area contributed by atoms with E-state index in [1.807, 2.05) is 0 Å². The van der Waals surface area contributed by atoms with Crippen LogP contribution in [-0.2, 0) is 0 Å². The molecule has 0 spiro atoms. The molecule has 1 nitrogen and oxygen atoms in total. The van der Waals surface area contributed by atoms with Gasteiger partial charge in [-0.1, -0.05) is 41.0 Å². The molecule has 104 valence electrons. The van der Waals surface area contributed by atoms with Crippen molar-refractivity contribution in [2.75, 3.05) is 14.1 Å². The Labute approximate surface area is 110 Å². The number of nitrogens with zero attached hydrogens (tertiary/aromatic N) is 1. The van der Waals surface area contributed by atoms with Crippen molar-refractivity contribution in [2.24, 2.45) is 17.3 Å². The second-order valence-electron chi connectivity index (χ2n) is 7.42. The first-order chi connectivity index (χ1) is 7.54. The van der Waals surface area contributed by atoms with Crippen LogP contribution in [0, 0.1) is 17.3 Å². The van der Waals surface area contributed by atoms with Gasteiger partial charge < -0.3 is 4.90 Å². The fourth-order valence-electron chi connectivity index (χ4n) is 2.79. The molecular weight excluding hydrogens is 206 g/mol. The van der Waals surface area contributed by atoms with Gasteiger partial charge in [-0.2, -0.15) is 0 Å². The van der Waals surface area contributed by atoms with Crippen molar-refractivity contribution >= 4 is 0 Å². The summed E-state index contributed by atoms with van der Waals surface area (Å²) in [6, 6.07) is 0. The van der Waals surface area contributed by atoms with Crippen LogP contribution in [0.4, 0.5) is 0 Å². The van der Waals surface area contributed by atoms with Gasteiger partial charge in [0.1, 0.15) is 0 Å². The standard InChI is InChI=1S/C16H35N/c1-10-11-15(4,5)14(3)13(2)12-16(6,7)17(8)9/h13-14H,10-12H2,1-9H3. The quantitative estimate of drug-likeness (QED) is 0.618. The molecule has 0 N–H and O–H groups in total. The van der Waals surface area contributed by atoms with Crippen molar-refractivity contribution in [3.05, 3.63) is 0 Å². The fourth-order valence-corrected chi connectivity index (χ4v) is 2.79. The minimum Gasteiger partial charge on any atom is -0.304 e. The summed E-state index contributed by atoms with van der Waals surface area (Å²) >= 11 is 0. The van der Waals surface area contributed by atoms with Crippen LogP contribution in [0.15, 0.2) is 0 Å². The van der Waals surface area contributed by atoms with E-state index in [1.165, 1.54) is 19.3 Å². The van der Waals surface area contributed by atoms with Crippen LogP contribution in [0.5, 0.6) is 0 Å². The molecule has 0 aromatic heterocycles. The van der Waals surface area contributed by atoms with Gasteiger partial charge in [-0.15, -0.1) is 0 Å². The number of hydrogen-bond donors (Lipinski definition) is 0. The van der Waals surface area contributed by atoms with Crippen molar-refractivity contribution in [2.45, 2.75) is 73.3 Å². The molecule has 17 heavy (non-hydrogen) atoms. The molecule has 0 heterocycles. The summed E-state index contributed by atoms with van der Waals surface area (Å²) < 4.78 is 0. The zero-order chi connectivity index (χ0) is 13.9. The summed E-state index contributed by atoms with van der Waals surface area (Å²) in [5, 5.41) is 0. The van der Waals surface area contributed by atoms with E-state index >= 15 is 0 Å². The summed E-state index contributed by atoms with van der Waals surface area (Å²) in [5.41, 5.74) is 0.770. The van der Waals surface area contributed by atoms with E-state index in [0.29, 0.717) is 11.0 Å². The van der Waals surface area contributed by atoms with E-state index in [4.69, 9.17) is 0 Å². The molecule has 2 unspecified atom stereocenters. The van der Waals surface area contributed by atoms with Crippen molar-refractivity contribution in [3.8, 4) is 0 Å². The summed E-state index contributed by atoms with van der Waals surface area (Å²) in [6.07, 6.45) is 3.90. The van der Waals surface area contributed by atoms with Crippen LogP contribution in [0.1, 0.15) is 67.7 Å². The summed E-state index contributed by atoms with van der Waals surface area (Å²) in [6.45, 7) is 16.7. The van der Waals surface area contributed by atoms with E-state index < -0.39 is 0 Å². The first-order valence-electron chi connectivity index (χ1n) is 7.22. The Morgan fingerprint density at radius 3 is 1.82 bits per heavy atom. The molecule has 0 aliphatic carbocycles. The molecule has 0 aliphatic rings. The minimum atomic E-state index is 0.302.